The number of anilines is 2. The molecule has 3 aromatic rings. The van der Waals surface area contributed by atoms with Crippen LogP contribution in [0.2, 0.25) is 0 Å². The molecule has 34 heavy (non-hydrogen) atoms. The lowest BCUT2D eigenvalue weighted by molar-refractivity contribution is 0.102. The molecule has 8 heteroatoms. The molecular formula is C26H31FN6O. The number of halogens is 1. The van der Waals surface area contributed by atoms with Gasteiger partial charge in [-0.05, 0) is 60.6 Å². The molecule has 0 bridgehead atoms. The van der Waals surface area contributed by atoms with Crippen LogP contribution in [0, 0.1) is 23.6 Å². The third-order valence-electron chi connectivity index (χ3n) is 7.15. The number of piperidine rings is 1. The Morgan fingerprint density at radius 1 is 1.03 bits per heavy atom. The third-order valence-corrected chi connectivity index (χ3v) is 7.15. The van der Waals surface area contributed by atoms with Crippen LogP contribution in [0.5, 0.6) is 0 Å². The van der Waals surface area contributed by atoms with Gasteiger partial charge in [-0.2, -0.15) is 0 Å². The molecule has 0 radical (unpaired) electrons. The zero-order valence-electron chi connectivity index (χ0n) is 19.5. The summed E-state index contributed by atoms with van der Waals surface area (Å²) in [6.07, 6.45) is 11.6. The molecule has 3 heterocycles. The smallest absolute Gasteiger partial charge is 0.225 e. The van der Waals surface area contributed by atoms with E-state index in [0.29, 0.717) is 18.1 Å². The number of nitrogens with two attached hydrogens (primary N) is 1. The number of hydrogen-bond donors (Lipinski definition) is 1. The van der Waals surface area contributed by atoms with Crippen molar-refractivity contribution in [2.24, 2.45) is 17.8 Å². The highest BCUT2D eigenvalue weighted by Crippen LogP contribution is 2.48. The van der Waals surface area contributed by atoms with Gasteiger partial charge in [-0.15, -0.1) is 0 Å². The summed E-state index contributed by atoms with van der Waals surface area (Å²) >= 11 is 0. The van der Waals surface area contributed by atoms with Gasteiger partial charge in [-0.25, -0.2) is 24.3 Å². The molecule has 1 aliphatic carbocycles. The summed E-state index contributed by atoms with van der Waals surface area (Å²) in [6.45, 7) is 5.12. The average Bonchev–Trinajstić information content (AvgIpc) is 3.65. The van der Waals surface area contributed by atoms with Crippen LogP contribution in [0.15, 0.2) is 43.0 Å². The van der Waals surface area contributed by atoms with E-state index in [-0.39, 0.29) is 18.4 Å². The minimum absolute atomic E-state index is 0.203. The molecule has 0 spiro atoms. The molecule has 1 aromatic carbocycles. The molecule has 2 aromatic heterocycles. The average molecular weight is 463 g/mol. The monoisotopic (exact) mass is 462 g/mol. The molecule has 2 aliphatic rings. The molecule has 178 valence electrons. The molecular weight excluding hydrogens is 431 g/mol. The van der Waals surface area contributed by atoms with Gasteiger partial charge in [-0.3, -0.25) is 0 Å². The van der Waals surface area contributed by atoms with E-state index in [2.05, 4.69) is 31.8 Å². The SMILES string of the molecule is CCc1cnc(N2CCC([C@H]3C[C@H]3COCc3ccc(-c4cnc(N)nc4)cc3F)CC2)nc1. The highest BCUT2D eigenvalue weighted by molar-refractivity contribution is 5.62. The van der Waals surface area contributed by atoms with Crippen LogP contribution in [0.4, 0.5) is 16.3 Å². The van der Waals surface area contributed by atoms with E-state index in [0.717, 1.165) is 48.4 Å². The highest BCUT2D eigenvalue weighted by Gasteiger charge is 2.43. The summed E-state index contributed by atoms with van der Waals surface area (Å²) in [5.74, 6) is 2.83. The first kappa shape index (κ1) is 22.7. The van der Waals surface area contributed by atoms with Gasteiger partial charge in [0.2, 0.25) is 11.9 Å². The Hall–Kier alpha value is -3.13. The second kappa shape index (κ2) is 10.0. The molecule has 1 aliphatic heterocycles. The summed E-state index contributed by atoms with van der Waals surface area (Å²) in [5.41, 5.74) is 8.72. The molecule has 2 N–H and O–H groups in total. The van der Waals surface area contributed by atoms with Gasteiger partial charge in [0, 0.05) is 49.0 Å². The molecule has 2 atom stereocenters. The summed E-state index contributed by atoms with van der Waals surface area (Å²) in [5, 5.41) is 0. The molecule has 2 fully saturated rings. The predicted molar refractivity (Wildman–Crippen MR) is 129 cm³/mol. The lowest BCUT2D eigenvalue weighted by atomic mass is 9.91. The summed E-state index contributed by atoms with van der Waals surface area (Å²) in [6, 6.07) is 5.14. The molecule has 1 saturated heterocycles. The topological polar surface area (TPSA) is 90.0 Å². The number of nitrogens with zero attached hydrogens (tertiary/aromatic N) is 5. The minimum atomic E-state index is -0.275. The van der Waals surface area contributed by atoms with Gasteiger partial charge < -0.3 is 15.4 Å². The lowest BCUT2D eigenvalue weighted by Crippen LogP contribution is -2.35. The zero-order valence-corrected chi connectivity index (χ0v) is 19.5. The zero-order chi connectivity index (χ0) is 23.5. The van der Waals surface area contributed by atoms with Crippen molar-refractivity contribution in [1.29, 1.82) is 0 Å². The number of nitrogen functional groups attached to an aromatic ring is 1. The fraction of sp³-hybridized carbons (Fsp3) is 0.462. The van der Waals surface area contributed by atoms with Crippen molar-refractivity contribution in [3.8, 4) is 11.1 Å². The van der Waals surface area contributed by atoms with E-state index in [4.69, 9.17) is 10.5 Å². The second-order valence-electron chi connectivity index (χ2n) is 9.38. The second-order valence-corrected chi connectivity index (χ2v) is 9.38. The molecule has 5 rings (SSSR count). The van der Waals surface area contributed by atoms with E-state index in [1.165, 1.54) is 30.9 Å². The molecule has 0 unspecified atom stereocenters. The van der Waals surface area contributed by atoms with Gasteiger partial charge in [0.1, 0.15) is 5.82 Å². The van der Waals surface area contributed by atoms with Crippen LogP contribution in [-0.2, 0) is 17.8 Å². The number of hydrogen-bond acceptors (Lipinski definition) is 7. The van der Waals surface area contributed by atoms with Crippen molar-refractivity contribution in [2.75, 3.05) is 30.3 Å². The fourth-order valence-electron chi connectivity index (χ4n) is 4.91. The Balaban J connectivity index is 1.06. The minimum Gasteiger partial charge on any atom is -0.376 e. The molecule has 1 saturated carbocycles. The quantitative estimate of drug-likeness (QED) is 0.534. The van der Waals surface area contributed by atoms with E-state index < -0.39 is 0 Å². The van der Waals surface area contributed by atoms with Crippen LogP contribution in [-0.4, -0.2) is 39.6 Å². The van der Waals surface area contributed by atoms with E-state index in [9.17, 15) is 4.39 Å². The van der Waals surface area contributed by atoms with Crippen molar-refractivity contribution >= 4 is 11.9 Å². The predicted octanol–water partition coefficient (Wildman–Crippen LogP) is 4.29. The van der Waals surface area contributed by atoms with E-state index in [1.54, 1.807) is 18.5 Å². The number of benzene rings is 1. The van der Waals surface area contributed by atoms with Crippen molar-refractivity contribution in [3.63, 3.8) is 0 Å². The largest absolute Gasteiger partial charge is 0.376 e. The maximum Gasteiger partial charge on any atom is 0.225 e. The maximum atomic E-state index is 14.6. The number of ether oxygens (including phenoxy) is 1. The molecule has 0 amide bonds. The van der Waals surface area contributed by atoms with Gasteiger partial charge in [0.25, 0.3) is 0 Å². The summed E-state index contributed by atoms with van der Waals surface area (Å²) in [4.78, 5) is 19.3. The summed E-state index contributed by atoms with van der Waals surface area (Å²) in [7, 11) is 0. The van der Waals surface area contributed by atoms with Crippen LogP contribution < -0.4 is 10.6 Å². The lowest BCUT2D eigenvalue weighted by Gasteiger charge is -2.32. The maximum absolute atomic E-state index is 14.6. The van der Waals surface area contributed by atoms with Crippen molar-refractivity contribution in [2.45, 2.75) is 39.2 Å². The van der Waals surface area contributed by atoms with Crippen LogP contribution in [0.3, 0.4) is 0 Å². The van der Waals surface area contributed by atoms with E-state index >= 15 is 0 Å². The first-order valence-electron chi connectivity index (χ1n) is 12.1. The fourth-order valence-corrected chi connectivity index (χ4v) is 4.91. The Labute approximate surface area is 199 Å². The highest BCUT2D eigenvalue weighted by atomic mass is 19.1. The van der Waals surface area contributed by atoms with Crippen LogP contribution in [0.25, 0.3) is 11.1 Å². The van der Waals surface area contributed by atoms with Gasteiger partial charge in [-0.1, -0.05) is 19.1 Å². The number of rotatable bonds is 8. The Morgan fingerprint density at radius 2 is 1.76 bits per heavy atom. The van der Waals surface area contributed by atoms with Crippen LogP contribution in [0.1, 0.15) is 37.3 Å². The van der Waals surface area contributed by atoms with Crippen molar-refractivity contribution < 1.29 is 9.13 Å². The number of aryl methyl sites for hydroxylation is 1. The van der Waals surface area contributed by atoms with Crippen LogP contribution >= 0.6 is 0 Å². The first-order valence-corrected chi connectivity index (χ1v) is 12.1. The summed E-state index contributed by atoms with van der Waals surface area (Å²) < 4.78 is 20.5. The first-order chi connectivity index (χ1) is 16.6. The molecule has 7 nitrogen and oxygen atoms in total. The van der Waals surface area contributed by atoms with Crippen molar-refractivity contribution in [1.82, 2.24) is 19.9 Å². The van der Waals surface area contributed by atoms with Gasteiger partial charge in [0.15, 0.2) is 0 Å². The normalized spacial score (nSPS) is 20.5. The standard InChI is InChI=1S/C26H31FN6O/c1-2-17-11-31-26(32-12-17)33-7-5-18(6-8-33)23-9-21(23)16-34-15-20-4-3-19(10-24(20)27)22-13-29-25(28)30-14-22/h3-4,10-14,18,21,23H,2,5-9,15-16H2,1H3,(H2,28,29,30)/t21-,23+/m0/s1. The van der Waals surface area contributed by atoms with Crippen molar-refractivity contribution in [3.05, 3.63) is 59.9 Å². The number of aromatic nitrogens is 4. The Morgan fingerprint density at radius 3 is 2.44 bits per heavy atom. The van der Waals surface area contributed by atoms with E-state index in [1.807, 2.05) is 18.5 Å². The Bertz CT molecular complexity index is 1100. The van der Waals surface area contributed by atoms with Gasteiger partial charge in [0.05, 0.1) is 13.2 Å². The Kier molecular flexibility index (Phi) is 6.67. The third kappa shape index (κ3) is 5.17. The van der Waals surface area contributed by atoms with Gasteiger partial charge >= 0.3 is 0 Å².